The monoisotopic (exact) mass is 422 g/mol. The van der Waals surface area contributed by atoms with E-state index < -0.39 is 0 Å². The molecule has 0 saturated carbocycles. The molecule has 1 aromatic heterocycles. The summed E-state index contributed by atoms with van der Waals surface area (Å²) in [6.07, 6.45) is 5.99. The molecular weight excluding hydrogens is 388 g/mol. The van der Waals surface area contributed by atoms with Gasteiger partial charge in [0.2, 0.25) is 11.8 Å². The molecular formula is C26H34N2O3. The van der Waals surface area contributed by atoms with Crippen LogP contribution in [0.5, 0.6) is 0 Å². The maximum Gasteiger partial charge on any atom is 0.240 e. The zero-order valence-corrected chi connectivity index (χ0v) is 19.3. The summed E-state index contributed by atoms with van der Waals surface area (Å²) in [5.74, 6) is 1.17. The second-order valence-corrected chi connectivity index (χ2v) is 8.21. The largest absolute Gasteiger partial charge is 0.493 e. The van der Waals surface area contributed by atoms with Gasteiger partial charge in [0.15, 0.2) is 0 Å². The molecule has 1 aromatic carbocycles. The van der Waals surface area contributed by atoms with Crippen LogP contribution in [0.2, 0.25) is 0 Å². The molecule has 5 nitrogen and oxygen atoms in total. The minimum Gasteiger partial charge on any atom is -0.493 e. The number of allylic oxidation sites excluding steroid dienone is 1. The van der Waals surface area contributed by atoms with Gasteiger partial charge in [0.05, 0.1) is 6.20 Å². The Morgan fingerprint density at radius 1 is 1.29 bits per heavy atom. The first kappa shape index (κ1) is 24.2. The standard InChI is InChI=1S/C26H34N2O3/c1-8-9-13-18(2)21(5)30-19(3)16-24(29)28-20(4)25-27-17-23(31-25)26(6,7)22-14-11-10-12-15-22/h10-12,14-17,21,29H,2-3,8-9,13H2,1,4-7H3/b24-16+,28-20?/t21-/m0/s1. The topological polar surface area (TPSA) is 67.9 Å². The molecule has 0 bridgehead atoms. The third kappa shape index (κ3) is 6.71. The van der Waals surface area contributed by atoms with Crippen molar-refractivity contribution < 1.29 is 14.3 Å². The van der Waals surface area contributed by atoms with Crippen molar-refractivity contribution in [2.75, 3.05) is 0 Å². The number of unbranched alkanes of at least 4 members (excludes halogenated alkanes) is 1. The maximum absolute atomic E-state index is 10.2. The quantitative estimate of drug-likeness (QED) is 0.186. The number of hydrogen-bond donors (Lipinski definition) is 1. The van der Waals surface area contributed by atoms with Crippen LogP contribution in [0.15, 0.2) is 82.4 Å². The summed E-state index contributed by atoms with van der Waals surface area (Å²) in [5.41, 5.74) is 2.24. The highest BCUT2D eigenvalue weighted by atomic mass is 16.5. The lowest BCUT2D eigenvalue weighted by molar-refractivity contribution is 0.167. The number of rotatable bonds is 11. The first-order valence-electron chi connectivity index (χ1n) is 10.7. The van der Waals surface area contributed by atoms with Crippen LogP contribution in [0, 0.1) is 0 Å². The van der Waals surface area contributed by atoms with E-state index >= 15 is 0 Å². The predicted molar refractivity (Wildman–Crippen MR) is 126 cm³/mol. The number of oxazole rings is 1. The molecule has 0 amide bonds. The summed E-state index contributed by atoms with van der Waals surface area (Å²) in [5, 5.41) is 10.2. The van der Waals surface area contributed by atoms with Crippen molar-refractivity contribution in [2.45, 2.75) is 65.4 Å². The van der Waals surface area contributed by atoms with Crippen molar-refractivity contribution in [2.24, 2.45) is 4.99 Å². The van der Waals surface area contributed by atoms with Crippen LogP contribution >= 0.6 is 0 Å². The van der Waals surface area contributed by atoms with E-state index in [4.69, 9.17) is 9.15 Å². The zero-order valence-electron chi connectivity index (χ0n) is 19.3. The molecule has 0 aliphatic carbocycles. The van der Waals surface area contributed by atoms with Crippen molar-refractivity contribution in [3.05, 3.63) is 90.2 Å². The highest BCUT2D eigenvalue weighted by Crippen LogP contribution is 2.31. The van der Waals surface area contributed by atoms with Crippen LogP contribution in [-0.2, 0) is 10.2 Å². The fraction of sp³-hybridized carbons (Fsp3) is 0.385. The molecule has 0 aliphatic rings. The minimum absolute atomic E-state index is 0.178. The van der Waals surface area contributed by atoms with E-state index in [1.807, 2.05) is 25.1 Å². The van der Waals surface area contributed by atoms with Crippen LogP contribution in [0.4, 0.5) is 0 Å². The number of aliphatic imine (C=N–C) groups is 1. The van der Waals surface area contributed by atoms with Crippen LogP contribution in [0.25, 0.3) is 0 Å². The molecule has 1 heterocycles. The first-order chi connectivity index (χ1) is 14.6. The molecule has 2 aromatic rings. The van der Waals surface area contributed by atoms with Gasteiger partial charge >= 0.3 is 0 Å². The zero-order chi connectivity index (χ0) is 23.0. The van der Waals surface area contributed by atoms with Gasteiger partial charge in [0, 0.05) is 11.5 Å². The molecule has 31 heavy (non-hydrogen) atoms. The average Bonchev–Trinajstić information content (AvgIpc) is 3.23. The molecule has 2 rings (SSSR count). The summed E-state index contributed by atoms with van der Waals surface area (Å²) in [7, 11) is 0. The number of aromatic nitrogens is 1. The Kier molecular flexibility index (Phi) is 8.43. The van der Waals surface area contributed by atoms with Gasteiger partial charge in [-0.2, -0.15) is 0 Å². The van der Waals surface area contributed by atoms with Crippen molar-refractivity contribution in [3.63, 3.8) is 0 Å². The number of aliphatic hydroxyl groups excluding tert-OH is 1. The van der Waals surface area contributed by atoms with Crippen molar-refractivity contribution >= 4 is 5.71 Å². The highest BCUT2D eigenvalue weighted by molar-refractivity contribution is 5.95. The number of ether oxygens (including phenoxy) is 1. The van der Waals surface area contributed by atoms with Gasteiger partial charge in [-0.1, -0.05) is 56.8 Å². The Bertz CT molecular complexity index is 952. The number of benzene rings is 1. The van der Waals surface area contributed by atoms with Crippen LogP contribution in [0.1, 0.15) is 71.1 Å². The molecule has 166 valence electrons. The van der Waals surface area contributed by atoms with Gasteiger partial charge in [0.1, 0.15) is 23.3 Å². The lowest BCUT2D eigenvalue weighted by atomic mass is 9.83. The summed E-state index contributed by atoms with van der Waals surface area (Å²) in [6.45, 7) is 17.8. The van der Waals surface area contributed by atoms with Gasteiger partial charge < -0.3 is 14.3 Å². The Hall–Kier alpha value is -3.08. The third-order valence-corrected chi connectivity index (χ3v) is 5.25. The van der Waals surface area contributed by atoms with E-state index in [-0.39, 0.29) is 17.4 Å². The Morgan fingerprint density at radius 3 is 2.61 bits per heavy atom. The fourth-order valence-electron chi connectivity index (χ4n) is 3.07. The van der Waals surface area contributed by atoms with Gasteiger partial charge in [0.25, 0.3) is 0 Å². The Labute approximate surface area is 185 Å². The average molecular weight is 423 g/mol. The molecule has 0 aliphatic heterocycles. The summed E-state index contributed by atoms with van der Waals surface area (Å²) < 4.78 is 11.7. The second-order valence-electron chi connectivity index (χ2n) is 8.21. The summed E-state index contributed by atoms with van der Waals surface area (Å²) in [6, 6.07) is 10.1. The van der Waals surface area contributed by atoms with Gasteiger partial charge in [-0.25, -0.2) is 9.98 Å². The summed E-state index contributed by atoms with van der Waals surface area (Å²) in [4.78, 5) is 8.51. The molecule has 0 radical (unpaired) electrons. The van der Waals surface area contributed by atoms with E-state index in [0.717, 1.165) is 36.2 Å². The molecule has 0 fully saturated rings. The fourth-order valence-corrected chi connectivity index (χ4v) is 3.07. The molecule has 1 atom stereocenters. The lowest BCUT2D eigenvalue weighted by Crippen LogP contribution is -2.17. The Balaban J connectivity index is 2.07. The van der Waals surface area contributed by atoms with Crippen molar-refractivity contribution in [1.82, 2.24) is 4.98 Å². The van der Waals surface area contributed by atoms with Crippen LogP contribution in [-0.4, -0.2) is 21.9 Å². The molecule has 0 spiro atoms. The van der Waals surface area contributed by atoms with Crippen molar-refractivity contribution in [1.29, 1.82) is 0 Å². The molecule has 0 saturated heterocycles. The number of nitrogens with zero attached hydrogens (tertiary/aromatic N) is 2. The van der Waals surface area contributed by atoms with E-state index in [0.29, 0.717) is 17.4 Å². The van der Waals surface area contributed by atoms with Crippen molar-refractivity contribution in [3.8, 4) is 0 Å². The van der Waals surface area contributed by atoms with E-state index in [1.54, 1.807) is 13.1 Å². The molecule has 5 heteroatoms. The third-order valence-electron chi connectivity index (χ3n) is 5.25. The highest BCUT2D eigenvalue weighted by Gasteiger charge is 2.27. The second kappa shape index (κ2) is 10.8. The van der Waals surface area contributed by atoms with Gasteiger partial charge in [-0.3, -0.25) is 0 Å². The minimum atomic E-state index is -0.344. The molecule has 0 unspecified atom stereocenters. The molecule has 1 N–H and O–H groups in total. The van der Waals surface area contributed by atoms with Gasteiger partial charge in [-0.15, -0.1) is 0 Å². The van der Waals surface area contributed by atoms with Crippen LogP contribution in [0.3, 0.4) is 0 Å². The van der Waals surface area contributed by atoms with Crippen LogP contribution < -0.4 is 0 Å². The SMILES string of the molecule is C=C(/C=C(/O)N=C(C)c1ncc(C(C)(C)c2ccccc2)o1)O[C@@H](C)C(=C)CCCC. The predicted octanol–water partition coefficient (Wildman–Crippen LogP) is 6.87. The van der Waals surface area contributed by atoms with Gasteiger partial charge in [-0.05, 0) is 51.7 Å². The number of hydrogen-bond acceptors (Lipinski definition) is 5. The smallest absolute Gasteiger partial charge is 0.240 e. The van der Waals surface area contributed by atoms with E-state index in [9.17, 15) is 5.11 Å². The maximum atomic E-state index is 10.2. The normalized spacial score (nSPS) is 13.7. The first-order valence-corrected chi connectivity index (χ1v) is 10.7. The summed E-state index contributed by atoms with van der Waals surface area (Å²) >= 11 is 0. The number of aliphatic hydroxyl groups is 1. The lowest BCUT2D eigenvalue weighted by Gasteiger charge is -2.21. The van der Waals surface area contributed by atoms with E-state index in [2.05, 4.69) is 56.0 Å². The Morgan fingerprint density at radius 2 is 1.97 bits per heavy atom. The van der Waals surface area contributed by atoms with E-state index in [1.165, 1.54) is 6.08 Å².